The summed E-state index contributed by atoms with van der Waals surface area (Å²) in [6.07, 6.45) is 0.140. The van der Waals surface area contributed by atoms with Crippen molar-refractivity contribution >= 4 is 46.1 Å². The zero-order valence-electron chi connectivity index (χ0n) is 19.4. The summed E-state index contributed by atoms with van der Waals surface area (Å²) in [5, 5.41) is 16.6. The molecular weight excluding hydrogens is 445 g/mol. The van der Waals surface area contributed by atoms with E-state index in [2.05, 4.69) is 16.0 Å². The molecule has 0 saturated carbocycles. The van der Waals surface area contributed by atoms with E-state index in [4.69, 9.17) is 8.90 Å². The Morgan fingerprint density at radius 3 is 2.15 bits per heavy atom. The Balaban J connectivity index is 2.68. The van der Waals surface area contributed by atoms with Gasteiger partial charge in [-0.1, -0.05) is 44.2 Å². The van der Waals surface area contributed by atoms with Gasteiger partial charge in [0.2, 0.25) is 17.7 Å². The zero-order valence-corrected chi connectivity index (χ0v) is 21.4. The summed E-state index contributed by atoms with van der Waals surface area (Å²) in [5.41, 5.74) is 1.00. The van der Waals surface area contributed by atoms with E-state index < -0.39 is 48.1 Å². The molecule has 3 atom stereocenters. The topological polar surface area (TPSA) is 151 Å². The van der Waals surface area contributed by atoms with Crippen LogP contribution in [0.1, 0.15) is 39.2 Å². The lowest BCUT2D eigenvalue weighted by Gasteiger charge is -2.25. The highest BCUT2D eigenvalue weighted by Crippen LogP contribution is 2.06. The van der Waals surface area contributed by atoms with E-state index in [9.17, 15) is 24.0 Å². The molecule has 1 aromatic carbocycles. The number of rotatable bonds is 14. The summed E-state index contributed by atoms with van der Waals surface area (Å²) in [6, 6.07) is 6.31. The number of carboxylic acid groups (broad SMARTS) is 1. The number of carbonyl (C=O) groups is 5. The van der Waals surface area contributed by atoms with Gasteiger partial charge in [0.05, 0.1) is 13.0 Å². The van der Waals surface area contributed by atoms with Gasteiger partial charge >= 0.3 is 22.6 Å². The van der Waals surface area contributed by atoms with Crippen molar-refractivity contribution in [2.45, 2.75) is 58.2 Å². The van der Waals surface area contributed by atoms with Crippen LogP contribution in [0.2, 0.25) is 0 Å². The third-order valence-corrected chi connectivity index (χ3v) is 5.16. The predicted molar refractivity (Wildman–Crippen MR) is 123 cm³/mol. The van der Waals surface area contributed by atoms with Crippen molar-refractivity contribution in [3.05, 3.63) is 35.9 Å². The van der Waals surface area contributed by atoms with Crippen LogP contribution in [0.3, 0.4) is 0 Å². The molecule has 0 heterocycles. The molecular formula is C22H32AlN3O7. The number of hydrogen-bond acceptors (Lipinski definition) is 6. The summed E-state index contributed by atoms with van der Waals surface area (Å²) in [7, 11) is 0. The minimum absolute atomic E-state index is 0.206. The lowest BCUT2D eigenvalue weighted by Crippen LogP contribution is -2.56. The summed E-state index contributed by atoms with van der Waals surface area (Å²) < 4.78 is 4.85. The summed E-state index contributed by atoms with van der Waals surface area (Å²) in [6.45, 7) is 4.65. The second-order valence-corrected chi connectivity index (χ2v) is 8.64. The Morgan fingerprint density at radius 2 is 1.61 bits per heavy atom. The molecule has 10 nitrogen and oxygen atoms in total. The molecule has 0 radical (unpaired) electrons. The van der Waals surface area contributed by atoms with Crippen molar-refractivity contribution in [3.8, 4) is 0 Å². The summed E-state index contributed by atoms with van der Waals surface area (Å²) >= 11 is 0.290. The van der Waals surface area contributed by atoms with Crippen molar-refractivity contribution in [3.63, 3.8) is 0 Å². The summed E-state index contributed by atoms with van der Waals surface area (Å²) in [5.74, 6) is -3.62. The first kappa shape index (κ1) is 28.3. The third kappa shape index (κ3) is 10.6. The molecule has 0 aliphatic carbocycles. The van der Waals surface area contributed by atoms with Gasteiger partial charge in [-0.3, -0.25) is 24.0 Å². The van der Waals surface area contributed by atoms with Crippen molar-refractivity contribution < 1.29 is 32.9 Å². The highest BCUT2D eigenvalue weighted by molar-refractivity contribution is 6.01. The Bertz CT molecular complexity index is 833. The van der Waals surface area contributed by atoms with Gasteiger partial charge in [-0.2, -0.15) is 0 Å². The second kappa shape index (κ2) is 14.4. The van der Waals surface area contributed by atoms with Crippen molar-refractivity contribution in [1.82, 2.24) is 16.0 Å². The van der Waals surface area contributed by atoms with E-state index in [0.29, 0.717) is 6.42 Å². The van der Waals surface area contributed by atoms with E-state index >= 15 is 0 Å². The number of benzene rings is 1. The second-order valence-electron chi connectivity index (χ2n) is 8.06. The van der Waals surface area contributed by atoms with Crippen LogP contribution in [0, 0.1) is 5.92 Å². The molecule has 0 aliphatic rings. The molecule has 1 rings (SSSR count). The van der Waals surface area contributed by atoms with Crippen LogP contribution in [-0.4, -0.2) is 75.9 Å². The Labute approximate surface area is 201 Å². The first-order valence-corrected chi connectivity index (χ1v) is 11.5. The zero-order chi connectivity index (χ0) is 25.0. The molecule has 0 unspecified atom stereocenters. The van der Waals surface area contributed by atoms with E-state index in [0.717, 1.165) is 5.56 Å². The lowest BCUT2D eigenvalue weighted by molar-refractivity contribution is -0.141. The van der Waals surface area contributed by atoms with Gasteiger partial charge in [-0.25, -0.2) is 0 Å². The molecule has 0 spiro atoms. The van der Waals surface area contributed by atoms with Crippen LogP contribution < -0.4 is 16.0 Å². The van der Waals surface area contributed by atoms with E-state index in [1.165, 1.54) is 6.92 Å². The fourth-order valence-corrected chi connectivity index (χ4v) is 3.30. The highest BCUT2D eigenvalue weighted by Gasteiger charge is 2.29. The van der Waals surface area contributed by atoms with Gasteiger partial charge in [0, 0.05) is 6.42 Å². The number of hydrogen-bond donors (Lipinski definition) is 4. The fraction of sp³-hybridized carbons (Fsp3) is 0.500. The van der Waals surface area contributed by atoms with Gasteiger partial charge in [0.15, 0.2) is 5.78 Å². The normalized spacial score (nSPS) is 13.5. The van der Waals surface area contributed by atoms with E-state index in [1.54, 1.807) is 13.8 Å². The number of carboxylic acids is 1. The van der Waals surface area contributed by atoms with Gasteiger partial charge in [-0.15, -0.1) is 0 Å². The molecule has 3 amide bonds. The van der Waals surface area contributed by atoms with Crippen LogP contribution >= 0.6 is 0 Å². The number of ketones is 1. The maximum absolute atomic E-state index is 12.7. The molecule has 11 heteroatoms. The largest absolute Gasteiger partial charge is 0.500 e. The number of nitrogens with one attached hydrogen (secondary N) is 3. The number of amides is 3. The minimum Gasteiger partial charge on any atom is -0.500 e. The highest BCUT2D eigenvalue weighted by atomic mass is 27.1. The summed E-state index contributed by atoms with van der Waals surface area (Å²) in [4.78, 5) is 60.6. The first-order chi connectivity index (χ1) is 15.5. The monoisotopic (exact) mass is 477 g/mol. The average molecular weight is 477 g/mol. The van der Waals surface area contributed by atoms with Crippen molar-refractivity contribution in [2.24, 2.45) is 5.92 Å². The molecule has 33 heavy (non-hydrogen) atoms. The Morgan fingerprint density at radius 1 is 0.970 bits per heavy atom. The molecule has 4 N–H and O–H groups in total. The fourth-order valence-electron chi connectivity index (χ4n) is 3.01. The quantitative estimate of drug-likeness (QED) is 0.260. The van der Waals surface area contributed by atoms with Gasteiger partial charge in [0.25, 0.3) is 0 Å². The number of Topliss-reactive ketones (excluding diaryl/α,β-unsaturated/α-hetero) is 1. The van der Waals surface area contributed by atoms with Gasteiger partial charge < -0.3 is 24.8 Å². The molecule has 180 valence electrons. The molecule has 0 bridgehead atoms. The molecule has 1 aromatic rings. The van der Waals surface area contributed by atoms with Crippen molar-refractivity contribution in [2.75, 3.05) is 6.61 Å². The number of aryl methyl sites for hydroxylation is 1. The van der Waals surface area contributed by atoms with E-state index in [1.807, 2.05) is 30.3 Å². The SMILES string of the molecule is CC(C)[C@H](NC(=O)CCc1ccccc1)C(=O)N[C@@H](C)C(=O)N[C@@H](CC(=O)O)C(=O)C[O][AlH2]. The van der Waals surface area contributed by atoms with Gasteiger partial charge in [0.1, 0.15) is 18.1 Å². The van der Waals surface area contributed by atoms with Crippen LogP contribution in [-0.2, 0) is 34.2 Å². The molecule has 0 aliphatic heterocycles. The maximum Gasteiger partial charge on any atom is 0.410 e. The smallest absolute Gasteiger partial charge is 0.410 e. The van der Waals surface area contributed by atoms with Crippen LogP contribution in [0.4, 0.5) is 0 Å². The van der Waals surface area contributed by atoms with Crippen LogP contribution in [0.5, 0.6) is 0 Å². The number of carbonyl (C=O) groups excluding carboxylic acids is 4. The standard InChI is InChI=1S/C22H30N3O7.Al.2H/c1-13(2)20(25-18(28)10-9-15-7-5-4-6-8-15)22(32)23-14(3)21(31)24-16(11-19(29)30)17(27)12-26;;;/h4-8,13-14,16,20H,9-12H2,1-3H3,(H,23,32)(H,24,31)(H,25,28)(H,29,30);;;/q-1;+1;;/t14-,16-,20-;;;/m0.../s1. The maximum atomic E-state index is 12.7. The van der Waals surface area contributed by atoms with Gasteiger partial charge in [-0.05, 0) is 24.8 Å². The van der Waals surface area contributed by atoms with E-state index in [-0.39, 0.29) is 41.5 Å². The first-order valence-electron chi connectivity index (χ1n) is 10.7. The molecule has 0 aromatic heterocycles. The molecule has 0 fully saturated rings. The molecule has 0 saturated heterocycles. The van der Waals surface area contributed by atoms with Crippen LogP contribution in [0.25, 0.3) is 0 Å². The minimum atomic E-state index is -1.26. The average Bonchev–Trinajstić information content (AvgIpc) is 2.75. The third-order valence-electron chi connectivity index (χ3n) is 4.87. The Hall–Kier alpha value is -2.74. The Kier molecular flexibility index (Phi) is 12.4. The lowest BCUT2D eigenvalue weighted by atomic mass is 10.0. The van der Waals surface area contributed by atoms with Crippen molar-refractivity contribution in [1.29, 1.82) is 0 Å². The predicted octanol–water partition coefficient (Wildman–Crippen LogP) is -0.642. The number of aliphatic carboxylic acids is 1. The van der Waals surface area contributed by atoms with Crippen LogP contribution in [0.15, 0.2) is 30.3 Å².